The van der Waals surface area contributed by atoms with Crippen LogP contribution < -0.4 is 15.0 Å². The number of ether oxygens (including phenoxy) is 1. The van der Waals surface area contributed by atoms with Gasteiger partial charge in [-0.3, -0.25) is 0 Å². The van der Waals surface area contributed by atoms with Crippen molar-refractivity contribution in [2.45, 2.75) is 45.2 Å². The number of quaternary nitrogens is 2. The van der Waals surface area contributed by atoms with Crippen molar-refractivity contribution in [3.05, 3.63) is 29.3 Å². The minimum absolute atomic E-state index is 0.688. The number of likely N-dealkylation sites (tertiary alicyclic amines) is 1. The monoisotopic (exact) mass is 276 g/mol. The van der Waals surface area contributed by atoms with Gasteiger partial charge in [-0.1, -0.05) is 0 Å². The van der Waals surface area contributed by atoms with Crippen molar-refractivity contribution >= 4 is 0 Å². The van der Waals surface area contributed by atoms with Gasteiger partial charge >= 0.3 is 0 Å². The molecule has 0 amide bonds. The summed E-state index contributed by atoms with van der Waals surface area (Å²) < 4.78 is 5.65. The summed E-state index contributed by atoms with van der Waals surface area (Å²) in [5.74, 6) is 1.03. The van der Waals surface area contributed by atoms with E-state index in [-0.39, 0.29) is 0 Å². The van der Waals surface area contributed by atoms with Gasteiger partial charge in [-0.2, -0.15) is 0 Å². The molecule has 2 heterocycles. The van der Waals surface area contributed by atoms with Crippen LogP contribution in [-0.4, -0.2) is 26.2 Å². The fourth-order valence-corrected chi connectivity index (χ4v) is 3.81. The smallest absolute Gasteiger partial charge is 0.163 e. The molecule has 1 saturated heterocycles. The zero-order valence-corrected chi connectivity index (χ0v) is 12.7. The van der Waals surface area contributed by atoms with Crippen molar-refractivity contribution in [2.24, 2.45) is 0 Å². The molecule has 1 fully saturated rings. The fraction of sp³-hybridized carbons (Fsp3) is 0.647. The Morgan fingerprint density at radius 3 is 2.75 bits per heavy atom. The predicted molar refractivity (Wildman–Crippen MR) is 80.0 cm³/mol. The highest BCUT2D eigenvalue weighted by Gasteiger charge is 2.32. The second-order valence-corrected chi connectivity index (χ2v) is 6.15. The number of nitrogens with two attached hydrogens (primary N) is 1. The molecule has 1 atom stereocenters. The minimum Gasteiger partial charge on any atom is -0.494 e. The van der Waals surface area contributed by atoms with Gasteiger partial charge in [-0.15, -0.1) is 0 Å². The third kappa shape index (κ3) is 2.99. The summed E-state index contributed by atoms with van der Waals surface area (Å²) in [5, 5.41) is 2.47. The van der Waals surface area contributed by atoms with Crippen LogP contribution in [0.4, 0.5) is 0 Å². The average Bonchev–Trinajstić information content (AvgIpc) is 2.76. The van der Waals surface area contributed by atoms with E-state index in [4.69, 9.17) is 4.74 Å². The largest absolute Gasteiger partial charge is 0.494 e. The van der Waals surface area contributed by atoms with E-state index >= 15 is 0 Å². The first kappa shape index (κ1) is 13.9. The van der Waals surface area contributed by atoms with Crippen molar-refractivity contribution in [1.29, 1.82) is 0 Å². The van der Waals surface area contributed by atoms with Gasteiger partial charge < -0.3 is 15.0 Å². The molecule has 1 aromatic carbocycles. The second-order valence-electron chi connectivity index (χ2n) is 6.15. The van der Waals surface area contributed by atoms with E-state index in [0.29, 0.717) is 6.04 Å². The number of fused-ring (bicyclic) bond motifs is 1. The van der Waals surface area contributed by atoms with Crippen molar-refractivity contribution in [3.63, 3.8) is 0 Å². The van der Waals surface area contributed by atoms with Crippen LogP contribution in [0.15, 0.2) is 18.2 Å². The lowest BCUT2D eigenvalue weighted by Gasteiger charge is -2.31. The molecular formula is C17H28N2O+2. The Bertz CT molecular complexity index is 439. The summed E-state index contributed by atoms with van der Waals surface area (Å²) in [6.45, 7) is 7.87. The predicted octanol–water partition coefficient (Wildman–Crippen LogP) is 0.662. The maximum absolute atomic E-state index is 5.65. The van der Waals surface area contributed by atoms with Crippen LogP contribution in [0.1, 0.15) is 49.8 Å². The first-order valence-electron chi connectivity index (χ1n) is 8.30. The maximum atomic E-state index is 5.65. The molecule has 3 heteroatoms. The van der Waals surface area contributed by atoms with Gasteiger partial charge in [-0.25, -0.2) is 0 Å². The molecule has 3 N–H and O–H groups in total. The van der Waals surface area contributed by atoms with E-state index in [1.807, 2.05) is 4.90 Å². The molecule has 0 bridgehead atoms. The normalized spacial score (nSPS) is 23.9. The maximum Gasteiger partial charge on any atom is 0.163 e. The van der Waals surface area contributed by atoms with Crippen molar-refractivity contribution in [2.75, 3.05) is 26.2 Å². The molecule has 0 radical (unpaired) electrons. The minimum atomic E-state index is 0.688. The lowest BCUT2D eigenvalue weighted by Crippen LogP contribution is -3.15. The number of hydrogen-bond acceptors (Lipinski definition) is 1. The lowest BCUT2D eigenvalue weighted by molar-refractivity contribution is -0.947. The molecule has 0 unspecified atom stereocenters. The van der Waals surface area contributed by atoms with E-state index in [2.05, 4.69) is 30.4 Å². The van der Waals surface area contributed by atoms with Crippen LogP contribution in [0, 0.1) is 0 Å². The molecule has 110 valence electrons. The third-order valence-corrected chi connectivity index (χ3v) is 4.81. The summed E-state index contributed by atoms with van der Waals surface area (Å²) in [7, 11) is 0. The average molecular weight is 276 g/mol. The molecule has 0 saturated carbocycles. The summed E-state index contributed by atoms with van der Waals surface area (Å²) in [4.78, 5) is 1.81. The van der Waals surface area contributed by atoms with Crippen LogP contribution in [-0.2, 0) is 6.54 Å². The van der Waals surface area contributed by atoms with Crippen LogP contribution in [0.2, 0.25) is 0 Å². The summed E-state index contributed by atoms with van der Waals surface area (Å²) in [6, 6.07) is 7.44. The molecule has 0 aromatic heterocycles. The summed E-state index contributed by atoms with van der Waals surface area (Å²) >= 11 is 0. The molecule has 3 rings (SSSR count). The van der Waals surface area contributed by atoms with E-state index in [1.54, 1.807) is 5.56 Å². The zero-order valence-electron chi connectivity index (χ0n) is 12.7. The highest BCUT2D eigenvalue weighted by atomic mass is 16.5. The van der Waals surface area contributed by atoms with Crippen LogP contribution in [0.25, 0.3) is 0 Å². The second kappa shape index (κ2) is 6.59. The summed E-state index contributed by atoms with van der Waals surface area (Å²) in [6.07, 6.45) is 5.66. The molecule has 0 spiro atoms. The van der Waals surface area contributed by atoms with Crippen LogP contribution in [0.3, 0.4) is 0 Å². The fourth-order valence-electron chi connectivity index (χ4n) is 3.81. The Morgan fingerprint density at radius 2 is 2.00 bits per heavy atom. The number of benzene rings is 1. The molecule has 1 aromatic rings. The Kier molecular flexibility index (Phi) is 4.58. The van der Waals surface area contributed by atoms with Gasteiger partial charge in [0.05, 0.1) is 19.7 Å². The van der Waals surface area contributed by atoms with Crippen molar-refractivity contribution in [1.82, 2.24) is 0 Å². The first-order valence-corrected chi connectivity index (χ1v) is 8.30. The third-order valence-electron chi connectivity index (χ3n) is 4.81. The van der Waals surface area contributed by atoms with Gasteiger partial charge in [0.2, 0.25) is 0 Å². The number of nitrogens with one attached hydrogen (secondary N) is 1. The highest BCUT2D eigenvalue weighted by molar-refractivity contribution is 5.37. The topological polar surface area (TPSA) is 30.3 Å². The van der Waals surface area contributed by atoms with Crippen LogP contribution >= 0.6 is 0 Å². The van der Waals surface area contributed by atoms with Crippen molar-refractivity contribution in [3.8, 4) is 5.75 Å². The molecular weight excluding hydrogens is 248 g/mol. The van der Waals surface area contributed by atoms with Gasteiger partial charge in [0.1, 0.15) is 18.8 Å². The van der Waals surface area contributed by atoms with Gasteiger partial charge in [-0.05, 0) is 50.8 Å². The quantitative estimate of drug-likeness (QED) is 0.835. The lowest BCUT2D eigenvalue weighted by atomic mass is 9.95. The molecule has 2 aliphatic heterocycles. The number of rotatable bonds is 3. The van der Waals surface area contributed by atoms with Crippen molar-refractivity contribution < 1.29 is 15.0 Å². The Morgan fingerprint density at radius 1 is 1.20 bits per heavy atom. The van der Waals surface area contributed by atoms with Gasteiger partial charge in [0.15, 0.2) is 6.04 Å². The van der Waals surface area contributed by atoms with E-state index < -0.39 is 0 Å². The highest BCUT2D eigenvalue weighted by Crippen LogP contribution is 2.23. The Labute approximate surface area is 122 Å². The first-order chi connectivity index (χ1) is 9.88. The SMILES string of the molecule is CCOc1ccc2c(c1)C[NH2+]C[C@H]2[NH+]1CCCCCC1. The molecule has 0 aliphatic carbocycles. The summed E-state index contributed by atoms with van der Waals surface area (Å²) in [5.41, 5.74) is 3.07. The number of hydrogen-bond donors (Lipinski definition) is 2. The standard InChI is InChI=1S/C17H26N2O/c1-2-20-15-7-8-16-14(11-15)12-18-13-17(16)19-9-5-3-4-6-10-19/h7-8,11,17-18H,2-6,9-10,12-13H2,1H3/p+2/t17-/m1/s1. The molecule has 2 aliphatic rings. The van der Waals surface area contributed by atoms with Gasteiger partial charge in [0.25, 0.3) is 0 Å². The Hall–Kier alpha value is -1.06. The van der Waals surface area contributed by atoms with Gasteiger partial charge in [0, 0.05) is 11.1 Å². The van der Waals surface area contributed by atoms with E-state index in [1.165, 1.54) is 50.9 Å². The molecule has 3 nitrogen and oxygen atoms in total. The van der Waals surface area contributed by atoms with E-state index in [0.717, 1.165) is 18.9 Å². The van der Waals surface area contributed by atoms with Crippen LogP contribution in [0.5, 0.6) is 5.75 Å². The van der Waals surface area contributed by atoms with E-state index in [9.17, 15) is 0 Å². The molecule has 20 heavy (non-hydrogen) atoms. The Balaban J connectivity index is 1.81. The zero-order chi connectivity index (χ0) is 13.8.